The minimum Gasteiger partial charge on any atom is -0.480 e. The summed E-state index contributed by atoms with van der Waals surface area (Å²) in [7, 11) is 1.54. The molecule has 0 bridgehead atoms. The van der Waals surface area contributed by atoms with E-state index in [1.54, 1.807) is 18.3 Å². The number of hydrogen-bond acceptors (Lipinski definition) is 3. The van der Waals surface area contributed by atoms with Crippen LogP contribution >= 0.6 is 0 Å². The summed E-state index contributed by atoms with van der Waals surface area (Å²) in [5.41, 5.74) is 2.47. The first-order valence-corrected chi connectivity index (χ1v) is 6.94. The molecular formula is C17H17NO2. The number of aromatic nitrogens is 1. The molecule has 0 radical (unpaired) electrons. The van der Waals surface area contributed by atoms with E-state index in [0.29, 0.717) is 17.4 Å². The molecule has 1 fully saturated rings. The number of pyridine rings is 1. The van der Waals surface area contributed by atoms with Gasteiger partial charge in [0.15, 0.2) is 5.78 Å². The van der Waals surface area contributed by atoms with Crippen molar-refractivity contribution in [2.45, 2.75) is 25.2 Å². The summed E-state index contributed by atoms with van der Waals surface area (Å²) in [5.74, 6) is 0.913. The van der Waals surface area contributed by atoms with Crippen molar-refractivity contribution < 1.29 is 9.53 Å². The summed E-state index contributed by atoms with van der Waals surface area (Å²) in [5, 5.41) is 0. The molecular weight excluding hydrogens is 250 g/mol. The molecule has 3 heteroatoms. The van der Waals surface area contributed by atoms with Crippen LogP contribution in [0.2, 0.25) is 0 Å². The highest BCUT2D eigenvalue weighted by Crippen LogP contribution is 2.38. The largest absolute Gasteiger partial charge is 0.480 e. The van der Waals surface area contributed by atoms with Crippen molar-refractivity contribution in [2.75, 3.05) is 7.11 Å². The smallest absolute Gasteiger partial charge is 0.224 e. The minimum atomic E-state index is -0.00236. The average molecular weight is 267 g/mol. The van der Waals surface area contributed by atoms with Gasteiger partial charge >= 0.3 is 0 Å². The van der Waals surface area contributed by atoms with Gasteiger partial charge in [-0.25, -0.2) is 4.98 Å². The Kier molecular flexibility index (Phi) is 3.50. The van der Waals surface area contributed by atoms with Crippen LogP contribution in [0.3, 0.4) is 0 Å². The molecule has 0 spiro atoms. The van der Waals surface area contributed by atoms with Gasteiger partial charge in [0.2, 0.25) is 5.88 Å². The van der Waals surface area contributed by atoms with Crippen LogP contribution in [-0.4, -0.2) is 17.9 Å². The Labute approximate surface area is 118 Å². The van der Waals surface area contributed by atoms with Crippen molar-refractivity contribution in [1.29, 1.82) is 0 Å². The average Bonchev–Trinajstić information content (AvgIpc) is 2.45. The van der Waals surface area contributed by atoms with E-state index in [1.165, 1.54) is 26.4 Å². The molecule has 20 heavy (non-hydrogen) atoms. The summed E-state index contributed by atoms with van der Waals surface area (Å²) >= 11 is 0. The molecule has 1 saturated carbocycles. The van der Waals surface area contributed by atoms with Crippen LogP contribution < -0.4 is 4.74 Å². The normalized spacial score (nSPS) is 14.7. The molecule has 1 aliphatic rings. The highest BCUT2D eigenvalue weighted by Gasteiger charge is 2.25. The van der Waals surface area contributed by atoms with Crippen molar-refractivity contribution in [3.63, 3.8) is 0 Å². The Morgan fingerprint density at radius 1 is 1.15 bits per heavy atom. The van der Waals surface area contributed by atoms with Gasteiger partial charge in [0.25, 0.3) is 0 Å². The first kappa shape index (κ1) is 12.9. The number of carbonyl (C=O) groups is 1. The number of methoxy groups -OCH3 is 1. The van der Waals surface area contributed by atoms with Gasteiger partial charge in [-0.1, -0.05) is 30.7 Å². The topological polar surface area (TPSA) is 39.2 Å². The van der Waals surface area contributed by atoms with Crippen molar-refractivity contribution in [2.24, 2.45) is 0 Å². The van der Waals surface area contributed by atoms with Crippen LogP contribution in [0.1, 0.15) is 46.7 Å². The van der Waals surface area contributed by atoms with Gasteiger partial charge in [-0.05, 0) is 36.5 Å². The first-order valence-electron chi connectivity index (χ1n) is 6.94. The molecule has 0 amide bonds. The summed E-state index contributed by atoms with van der Waals surface area (Å²) in [4.78, 5) is 16.9. The molecule has 0 unspecified atom stereocenters. The number of nitrogens with zero attached hydrogens (tertiary/aromatic N) is 1. The molecule has 0 aliphatic heterocycles. The van der Waals surface area contributed by atoms with Gasteiger partial charge in [-0.15, -0.1) is 0 Å². The van der Waals surface area contributed by atoms with Crippen molar-refractivity contribution in [1.82, 2.24) is 4.98 Å². The van der Waals surface area contributed by atoms with Gasteiger partial charge in [-0.2, -0.15) is 0 Å². The van der Waals surface area contributed by atoms with E-state index in [2.05, 4.69) is 11.1 Å². The molecule has 0 atom stereocenters. The van der Waals surface area contributed by atoms with Gasteiger partial charge in [0.05, 0.1) is 12.7 Å². The second-order valence-electron chi connectivity index (χ2n) is 5.10. The lowest BCUT2D eigenvalue weighted by molar-refractivity contribution is 0.103. The van der Waals surface area contributed by atoms with Gasteiger partial charge in [0.1, 0.15) is 0 Å². The third kappa shape index (κ3) is 2.20. The van der Waals surface area contributed by atoms with Crippen LogP contribution in [0.15, 0.2) is 42.6 Å². The fourth-order valence-corrected chi connectivity index (χ4v) is 2.65. The third-order valence-corrected chi connectivity index (χ3v) is 3.96. The predicted molar refractivity (Wildman–Crippen MR) is 77.3 cm³/mol. The van der Waals surface area contributed by atoms with E-state index >= 15 is 0 Å². The van der Waals surface area contributed by atoms with Crippen molar-refractivity contribution in [3.05, 3.63) is 59.3 Å². The number of benzene rings is 1. The summed E-state index contributed by atoms with van der Waals surface area (Å²) in [6, 6.07) is 11.4. The number of carbonyl (C=O) groups excluding carboxylic acids is 1. The Morgan fingerprint density at radius 2 is 1.90 bits per heavy atom. The molecule has 1 aliphatic carbocycles. The maximum absolute atomic E-state index is 12.8. The van der Waals surface area contributed by atoms with Crippen molar-refractivity contribution in [3.8, 4) is 5.88 Å². The molecule has 102 valence electrons. The molecule has 0 saturated heterocycles. The highest BCUT2D eigenvalue weighted by atomic mass is 16.5. The maximum Gasteiger partial charge on any atom is 0.224 e. The van der Waals surface area contributed by atoms with Crippen LogP contribution in [0.5, 0.6) is 5.88 Å². The zero-order valence-corrected chi connectivity index (χ0v) is 11.5. The zero-order valence-electron chi connectivity index (χ0n) is 11.5. The lowest BCUT2D eigenvalue weighted by Gasteiger charge is -2.27. The quantitative estimate of drug-likeness (QED) is 0.795. The SMILES string of the molecule is COc1ncccc1C(=O)c1ccccc1C1CCC1. The Hall–Kier alpha value is -2.16. The third-order valence-electron chi connectivity index (χ3n) is 3.96. The number of ketones is 1. The van der Waals surface area contributed by atoms with E-state index < -0.39 is 0 Å². The number of rotatable bonds is 4. The fraction of sp³-hybridized carbons (Fsp3) is 0.294. The summed E-state index contributed by atoms with van der Waals surface area (Å²) in [6.45, 7) is 0. The molecule has 0 N–H and O–H groups in total. The monoisotopic (exact) mass is 267 g/mol. The van der Waals surface area contributed by atoms with E-state index in [1.807, 2.05) is 18.2 Å². The maximum atomic E-state index is 12.8. The number of ether oxygens (including phenoxy) is 1. The zero-order chi connectivity index (χ0) is 13.9. The van der Waals surface area contributed by atoms with Gasteiger partial charge < -0.3 is 4.74 Å². The van der Waals surface area contributed by atoms with E-state index in [9.17, 15) is 4.79 Å². The number of hydrogen-bond donors (Lipinski definition) is 0. The minimum absolute atomic E-state index is 0.00236. The standard InChI is InChI=1S/C17H17NO2/c1-20-17-15(10-5-11-18-17)16(19)14-9-3-2-8-13(14)12-6-4-7-12/h2-3,5,8-12H,4,6-7H2,1H3. The predicted octanol–water partition coefficient (Wildman–Crippen LogP) is 3.59. The van der Waals surface area contributed by atoms with Crippen LogP contribution in [0.25, 0.3) is 0 Å². The highest BCUT2D eigenvalue weighted by molar-refractivity contribution is 6.11. The molecule has 1 aromatic carbocycles. The van der Waals surface area contributed by atoms with Crippen LogP contribution in [0.4, 0.5) is 0 Å². The van der Waals surface area contributed by atoms with Gasteiger partial charge in [-0.3, -0.25) is 4.79 Å². The molecule has 2 aromatic rings. The first-order chi connectivity index (χ1) is 9.81. The molecule has 3 rings (SSSR count). The van der Waals surface area contributed by atoms with Crippen LogP contribution in [0, 0.1) is 0 Å². The summed E-state index contributed by atoms with van der Waals surface area (Å²) in [6.07, 6.45) is 5.24. The second kappa shape index (κ2) is 5.45. The van der Waals surface area contributed by atoms with Crippen LogP contribution in [-0.2, 0) is 0 Å². The Bertz CT molecular complexity index is 632. The summed E-state index contributed by atoms with van der Waals surface area (Å²) < 4.78 is 5.20. The Balaban J connectivity index is 2.02. The lowest BCUT2D eigenvalue weighted by Crippen LogP contribution is -2.15. The molecule has 3 nitrogen and oxygen atoms in total. The molecule has 1 heterocycles. The Morgan fingerprint density at radius 3 is 2.60 bits per heavy atom. The van der Waals surface area contributed by atoms with Gasteiger partial charge in [0, 0.05) is 11.8 Å². The second-order valence-corrected chi connectivity index (χ2v) is 5.10. The lowest BCUT2D eigenvalue weighted by atomic mass is 9.77. The fourth-order valence-electron chi connectivity index (χ4n) is 2.65. The molecule has 1 aromatic heterocycles. The van der Waals surface area contributed by atoms with E-state index in [0.717, 1.165) is 11.1 Å². The van der Waals surface area contributed by atoms with E-state index in [4.69, 9.17) is 4.74 Å². The van der Waals surface area contributed by atoms with Crippen molar-refractivity contribution >= 4 is 5.78 Å². The van der Waals surface area contributed by atoms with E-state index in [-0.39, 0.29) is 5.78 Å².